The van der Waals surface area contributed by atoms with Gasteiger partial charge in [-0.3, -0.25) is 14.4 Å². The first-order chi connectivity index (χ1) is 13.1. The SMILES string of the molecule is CCSN1CCN(C(=O)c2ccc3c(c2)C(=O)c2ccccc2C3=O)CC1. The van der Waals surface area contributed by atoms with Crippen LogP contribution in [0.3, 0.4) is 0 Å². The van der Waals surface area contributed by atoms with E-state index in [9.17, 15) is 14.4 Å². The predicted octanol–water partition coefficient (Wildman–Crippen LogP) is 2.89. The number of hydrogen-bond acceptors (Lipinski definition) is 5. The average Bonchev–Trinajstić information content (AvgIpc) is 2.72. The van der Waals surface area contributed by atoms with Crippen molar-refractivity contribution in [2.24, 2.45) is 0 Å². The number of benzene rings is 2. The zero-order valence-electron chi connectivity index (χ0n) is 15.1. The summed E-state index contributed by atoms with van der Waals surface area (Å²) < 4.78 is 2.27. The Hall–Kier alpha value is -2.44. The van der Waals surface area contributed by atoms with E-state index in [-0.39, 0.29) is 17.5 Å². The number of ketones is 2. The minimum Gasteiger partial charge on any atom is -0.336 e. The van der Waals surface area contributed by atoms with Gasteiger partial charge < -0.3 is 4.90 Å². The monoisotopic (exact) mass is 380 g/mol. The van der Waals surface area contributed by atoms with Crippen LogP contribution < -0.4 is 0 Å². The molecule has 0 bridgehead atoms. The van der Waals surface area contributed by atoms with Crippen LogP contribution in [0.2, 0.25) is 0 Å². The van der Waals surface area contributed by atoms with Gasteiger partial charge in [-0.25, -0.2) is 4.31 Å². The van der Waals surface area contributed by atoms with E-state index in [1.165, 1.54) is 0 Å². The largest absolute Gasteiger partial charge is 0.336 e. The van der Waals surface area contributed by atoms with Crippen LogP contribution in [0.15, 0.2) is 42.5 Å². The topological polar surface area (TPSA) is 57.7 Å². The minimum atomic E-state index is -0.195. The Morgan fingerprint density at radius 1 is 0.889 bits per heavy atom. The van der Waals surface area contributed by atoms with Gasteiger partial charge in [0.05, 0.1) is 0 Å². The number of piperazine rings is 1. The van der Waals surface area contributed by atoms with Crippen molar-refractivity contribution in [2.45, 2.75) is 6.92 Å². The summed E-state index contributed by atoms with van der Waals surface area (Å²) in [7, 11) is 0. The Morgan fingerprint density at radius 2 is 1.48 bits per heavy atom. The molecule has 1 heterocycles. The summed E-state index contributed by atoms with van der Waals surface area (Å²) in [5.74, 6) is 0.581. The second-order valence-corrected chi connectivity index (χ2v) is 7.96. The molecule has 0 saturated carbocycles. The third-order valence-corrected chi connectivity index (χ3v) is 6.00. The summed E-state index contributed by atoms with van der Waals surface area (Å²) in [6, 6.07) is 11.7. The molecule has 6 heteroatoms. The first kappa shape index (κ1) is 17.9. The van der Waals surface area contributed by atoms with Crippen molar-refractivity contribution in [1.82, 2.24) is 9.21 Å². The maximum absolute atomic E-state index is 12.9. The molecule has 5 nitrogen and oxygen atoms in total. The van der Waals surface area contributed by atoms with E-state index in [4.69, 9.17) is 0 Å². The molecule has 1 aliphatic heterocycles. The van der Waals surface area contributed by atoms with Crippen LogP contribution in [0, 0.1) is 0 Å². The van der Waals surface area contributed by atoms with Crippen LogP contribution in [0.25, 0.3) is 0 Å². The quantitative estimate of drug-likeness (QED) is 0.654. The molecule has 1 amide bonds. The summed E-state index contributed by atoms with van der Waals surface area (Å²) in [6.07, 6.45) is 0. The van der Waals surface area contributed by atoms with Crippen LogP contribution in [-0.4, -0.2) is 58.6 Å². The molecule has 2 aromatic carbocycles. The summed E-state index contributed by atoms with van der Waals surface area (Å²) in [5, 5.41) is 0. The number of carbonyl (C=O) groups excluding carboxylic acids is 3. The first-order valence-corrected chi connectivity index (χ1v) is 10.0. The molecule has 0 N–H and O–H groups in total. The van der Waals surface area contributed by atoms with Gasteiger partial charge in [-0.1, -0.05) is 43.1 Å². The molecule has 0 radical (unpaired) electrons. The van der Waals surface area contributed by atoms with E-state index < -0.39 is 0 Å². The van der Waals surface area contributed by atoms with E-state index >= 15 is 0 Å². The summed E-state index contributed by atoms with van der Waals surface area (Å²) in [4.78, 5) is 40.2. The second-order valence-electron chi connectivity index (χ2n) is 6.60. The van der Waals surface area contributed by atoms with Gasteiger partial charge in [-0.05, 0) is 18.2 Å². The van der Waals surface area contributed by atoms with Crippen molar-refractivity contribution in [2.75, 3.05) is 31.9 Å². The van der Waals surface area contributed by atoms with Gasteiger partial charge in [0.25, 0.3) is 5.91 Å². The van der Waals surface area contributed by atoms with Crippen molar-refractivity contribution < 1.29 is 14.4 Å². The average molecular weight is 380 g/mol. The Kier molecular flexibility index (Phi) is 4.85. The van der Waals surface area contributed by atoms with Gasteiger partial charge in [0.15, 0.2) is 11.6 Å². The number of hydrogen-bond donors (Lipinski definition) is 0. The molecule has 1 saturated heterocycles. The van der Waals surface area contributed by atoms with Gasteiger partial charge in [-0.15, -0.1) is 0 Å². The molecule has 0 unspecified atom stereocenters. The van der Waals surface area contributed by atoms with E-state index in [1.54, 1.807) is 54.4 Å². The summed E-state index contributed by atoms with van der Waals surface area (Å²) in [5.41, 5.74) is 2.00. The van der Waals surface area contributed by atoms with E-state index in [0.717, 1.165) is 18.8 Å². The zero-order chi connectivity index (χ0) is 19.0. The molecular formula is C21H20N2O3S. The fourth-order valence-corrected chi connectivity index (χ4v) is 4.40. The van der Waals surface area contributed by atoms with E-state index in [2.05, 4.69) is 11.2 Å². The summed E-state index contributed by atoms with van der Waals surface area (Å²) >= 11 is 1.79. The normalized spacial score (nSPS) is 16.9. The lowest BCUT2D eigenvalue weighted by atomic mass is 9.83. The highest BCUT2D eigenvalue weighted by molar-refractivity contribution is 7.96. The molecule has 27 heavy (non-hydrogen) atoms. The molecule has 0 spiro atoms. The van der Waals surface area contributed by atoms with Gasteiger partial charge in [-0.2, -0.15) is 0 Å². The van der Waals surface area contributed by atoms with E-state index in [0.29, 0.717) is 40.9 Å². The number of carbonyl (C=O) groups is 3. The number of rotatable bonds is 3. The van der Waals surface area contributed by atoms with Gasteiger partial charge >= 0.3 is 0 Å². The number of nitrogens with zero attached hydrogens (tertiary/aromatic N) is 2. The van der Waals surface area contributed by atoms with E-state index in [1.807, 2.05) is 4.90 Å². The van der Waals surface area contributed by atoms with Crippen molar-refractivity contribution in [1.29, 1.82) is 0 Å². The lowest BCUT2D eigenvalue weighted by Gasteiger charge is -2.33. The Balaban J connectivity index is 1.59. The highest BCUT2D eigenvalue weighted by atomic mass is 32.2. The van der Waals surface area contributed by atoms with Crippen LogP contribution >= 0.6 is 11.9 Å². The van der Waals surface area contributed by atoms with Crippen LogP contribution in [0.1, 0.15) is 49.1 Å². The zero-order valence-corrected chi connectivity index (χ0v) is 15.9. The lowest BCUT2D eigenvalue weighted by Crippen LogP contribution is -2.46. The van der Waals surface area contributed by atoms with Crippen molar-refractivity contribution in [3.63, 3.8) is 0 Å². The first-order valence-electron chi connectivity index (χ1n) is 9.09. The van der Waals surface area contributed by atoms with Crippen LogP contribution in [-0.2, 0) is 0 Å². The third-order valence-electron chi connectivity index (χ3n) is 5.01. The Morgan fingerprint density at radius 3 is 2.11 bits per heavy atom. The van der Waals surface area contributed by atoms with Crippen LogP contribution in [0.5, 0.6) is 0 Å². The Bertz CT molecular complexity index is 933. The third kappa shape index (κ3) is 3.19. The molecule has 0 atom stereocenters. The van der Waals surface area contributed by atoms with Crippen molar-refractivity contribution >= 4 is 29.4 Å². The lowest BCUT2D eigenvalue weighted by molar-refractivity contribution is 0.0703. The molecule has 138 valence electrons. The second kappa shape index (κ2) is 7.29. The smallest absolute Gasteiger partial charge is 0.253 e. The predicted molar refractivity (Wildman–Crippen MR) is 105 cm³/mol. The highest BCUT2D eigenvalue weighted by Gasteiger charge is 2.31. The molecule has 2 aliphatic rings. The van der Waals surface area contributed by atoms with Crippen molar-refractivity contribution in [3.8, 4) is 0 Å². The van der Waals surface area contributed by atoms with Gasteiger partial charge in [0.2, 0.25) is 0 Å². The number of amides is 1. The van der Waals surface area contributed by atoms with Gasteiger partial charge in [0, 0.05) is 59.7 Å². The van der Waals surface area contributed by atoms with Crippen molar-refractivity contribution in [3.05, 3.63) is 70.3 Å². The molecule has 1 aliphatic carbocycles. The van der Waals surface area contributed by atoms with Crippen LogP contribution in [0.4, 0.5) is 0 Å². The minimum absolute atomic E-state index is 0.0851. The molecule has 4 rings (SSSR count). The fourth-order valence-electron chi connectivity index (χ4n) is 3.62. The van der Waals surface area contributed by atoms with Gasteiger partial charge in [0.1, 0.15) is 0 Å². The molecule has 1 fully saturated rings. The number of fused-ring (bicyclic) bond motifs is 2. The molecule has 2 aromatic rings. The maximum Gasteiger partial charge on any atom is 0.253 e. The summed E-state index contributed by atoms with van der Waals surface area (Å²) in [6.45, 7) is 5.11. The fraction of sp³-hybridized carbons (Fsp3) is 0.286. The standard InChI is InChI=1S/C21H20N2O3S/c1-2-27-23-11-9-22(10-12-23)21(26)14-7-8-17-18(13-14)20(25)16-6-4-3-5-15(16)19(17)24/h3-8,13H,2,9-12H2,1H3. The molecular weight excluding hydrogens is 360 g/mol. The Labute approximate surface area is 162 Å². The highest BCUT2D eigenvalue weighted by Crippen LogP contribution is 2.28. The maximum atomic E-state index is 12.9. The molecule has 0 aromatic heterocycles.